The van der Waals surface area contributed by atoms with Gasteiger partial charge in [0.05, 0.1) is 24.9 Å². The molecule has 0 aliphatic carbocycles. The van der Waals surface area contributed by atoms with E-state index >= 15 is 0 Å². The van der Waals surface area contributed by atoms with E-state index in [4.69, 9.17) is 31.5 Å². The van der Waals surface area contributed by atoms with E-state index in [1.807, 2.05) is 0 Å². The molecule has 0 aliphatic heterocycles. The third-order valence-corrected chi connectivity index (χ3v) is 2.90. The number of hydrogen-bond donors (Lipinski definition) is 1. The van der Waals surface area contributed by atoms with Gasteiger partial charge in [-0.2, -0.15) is 0 Å². The monoisotopic (exact) mass is 279 g/mol. The van der Waals surface area contributed by atoms with E-state index in [9.17, 15) is 0 Å². The van der Waals surface area contributed by atoms with Gasteiger partial charge in [-0.05, 0) is 12.1 Å². The molecule has 2 aromatic carbocycles. The van der Waals surface area contributed by atoms with Gasteiger partial charge in [-0.25, -0.2) is 0 Å². The summed E-state index contributed by atoms with van der Waals surface area (Å²) >= 11 is 5.94. The molecule has 19 heavy (non-hydrogen) atoms. The Kier molecular flexibility index (Phi) is 4.02. The zero-order valence-corrected chi connectivity index (χ0v) is 11.4. The fraction of sp³-hybridized carbons (Fsp3) is 0.143. The van der Waals surface area contributed by atoms with Gasteiger partial charge in [0.2, 0.25) is 0 Å². The number of para-hydroxylation sites is 1. The molecule has 0 bridgehead atoms. The summed E-state index contributed by atoms with van der Waals surface area (Å²) < 4.78 is 16.0. The molecule has 0 atom stereocenters. The van der Waals surface area contributed by atoms with E-state index in [-0.39, 0.29) is 0 Å². The summed E-state index contributed by atoms with van der Waals surface area (Å²) in [4.78, 5) is 0. The van der Waals surface area contributed by atoms with Gasteiger partial charge in [-0.1, -0.05) is 17.7 Å². The molecule has 0 saturated carbocycles. The van der Waals surface area contributed by atoms with Crippen molar-refractivity contribution in [1.29, 1.82) is 0 Å². The number of ether oxygens (including phenoxy) is 3. The Morgan fingerprint density at radius 1 is 0.947 bits per heavy atom. The van der Waals surface area contributed by atoms with Crippen LogP contribution in [0.15, 0.2) is 36.4 Å². The van der Waals surface area contributed by atoms with Crippen molar-refractivity contribution in [3.63, 3.8) is 0 Å². The maximum absolute atomic E-state index is 5.94. The number of methoxy groups -OCH3 is 2. The van der Waals surface area contributed by atoms with Crippen LogP contribution in [0.4, 0.5) is 5.69 Å². The van der Waals surface area contributed by atoms with Gasteiger partial charge in [-0.3, -0.25) is 0 Å². The number of rotatable bonds is 4. The van der Waals surface area contributed by atoms with Crippen LogP contribution in [0.2, 0.25) is 5.02 Å². The van der Waals surface area contributed by atoms with Crippen molar-refractivity contribution >= 4 is 17.3 Å². The zero-order valence-electron chi connectivity index (χ0n) is 10.6. The summed E-state index contributed by atoms with van der Waals surface area (Å²) in [5, 5.41) is 0.451. The van der Waals surface area contributed by atoms with Crippen LogP contribution in [-0.2, 0) is 0 Å². The van der Waals surface area contributed by atoms with Crippen LogP contribution < -0.4 is 19.9 Å². The lowest BCUT2D eigenvalue weighted by atomic mass is 10.2. The second-order valence-corrected chi connectivity index (χ2v) is 4.21. The van der Waals surface area contributed by atoms with Gasteiger partial charge in [0.1, 0.15) is 17.2 Å². The van der Waals surface area contributed by atoms with Gasteiger partial charge < -0.3 is 19.9 Å². The minimum absolute atomic E-state index is 0.394. The first-order chi connectivity index (χ1) is 9.13. The lowest BCUT2D eigenvalue weighted by Crippen LogP contribution is -1.94. The van der Waals surface area contributed by atoms with Gasteiger partial charge >= 0.3 is 0 Å². The molecule has 0 amide bonds. The minimum Gasteiger partial charge on any atom is -0.496 e. The molecular formula is C14H14ClNO3. The van der Waals surface area contributed by atoms with Crippen LogP contribution in [0.5, 0.6) is 23.0 Å². The number of halogens is 1. The predicted octanol–water partition coefficient (Wildman–Crippen LogP) is 3.73. The van der Waals surface area contributed by atoms with Crippen molar-refractivity contribution in [2.75, 3.05) is 20.0 Å². The lowest BCUT2D eigenvalue weighted by Gasteiger charge is -2.12. The number of nitrogen functional groups attached to an aromatic ring is 1. The number of benzene rings is 2. The highest BCUT2D eigenvalue weighted by atomic mass is 35.5. The average molecular weight is 280 g/mol. The maximum atomic E-state index is 5.94. The topological polar surface area (TPSA) is 53.7 Å². The van der Waals surface area contributed by atoms with E-state index < -0.39 is 0 Å². The molecule has 2 N–H and O–H groups in total. The molecule has 0 aromatic heterocycles. The summed E-state index contributed by atoms with van der Waals surface area (Å²) in [6, 6.07) is 10.5. The number of hydrogen-bond acceptors (Lipinski definition) is 4. The van der Waals surface area contributed by atoms with Gasteiger partial charge in [-0.15, -0.1) is 0 Å². The van der Waals surface area contributed by atoms with Crippen molar-refractivity contribution in [2.45, 2.75) is 0 Å². The maximum Gasteiger partial charge on any atom is 0.151 e. The predicted molar refractivity (Wildman–Crippen MR) is 75.5 cm³/mol. The lowest BCUT2D eigenvalue weighted by molar-refractivity contribution is 0.386. The Morgan fingerprint density at radius 2 is 1.53 bits per heavy atom. The fourth-order valence-corrected chi connectivity index (χ4v) is 1.74. The van der Waals surface area contributed by atoms with Crippen LogP contribution >= 0.6 is 11.6 Å². The Labute approximate surface area is 116 Å². The van der Waals surface area contributed by atoms with Crippen molar-refractivity contribution in [1.82, 2.24) is 0 Å². The van der Waals surface area contributed by atoms with E-state index in [1.54, 1.807) is 50.6 Å². The molecule has 0 saturated heterocycles. The first kappa shape index (κ1) is 13.4. The minimum atomic E-state index is 0.394. The molecule has 4 nitrogen and oxygen atoms in total. The average Bonchev–Trinajstić information content (AvgIpc) is 2.43. The van der Waals surface area contributed by atoms with Gasteiger partial charge in [0.15, 0.2) is 5.75 Å². The smallest absolute Gasteiger partial charge is 0.151 e. The molecule has 2 aromatic rings. The number of nitrogens with two attached hydrogens (primary N) is 1. The Hall–Kier alpha value is -2.07. The van der Waals surface area contributed by atoms with E-state index in [0.29, 0.717) is 33.7 Å². The zero-order chi connectivity index (χ0) is 13.8. The van der Waals surface area contributed by atoms with Crippen LogP contribution in [0.3, 0.4) is 0 Å². The standard InChI is InChI=1S/C14H14ClNO3/c1-17-9-6-10(18-2)8-11(7-9)19-13-5-3-4-12(15)14(13)16/h3-8H,16H2,1-2H3. The first-order valence-corrected chi connectivity index (χ1v) is 5.96. The van der Waals surface area contributed by atoms with E-state index in [1.165, 1.54) is 0 Å². The van der Waals surface area contributed by atoms with Crippen molar-refractivity contribution in [3.05, 3.63) is 41.4 Å². The molecular weight excluding hydrogens is 266 g/mol. The summed E-state index contributed by atoms with van der Waals surface area (Å²) in [5.74, 6) is 2.32. The van der Waals surface area contributed by atoms with Crippen LogP contribution in [0, 0.1) is 0 Å². The van der Waals surface area contributed by atoms with Crippen molar-refractivity contribution in [2.24, 2.45) is 0 Å². The summed E-state index contributed by atoms with van der Waals surface area (Å²) in [7, 11) is 3.15. The molecule has 0 spiro atoms. The first-order valence-electron chi connectivity index (χ1n) is 5.59. The molecule has 0 aliphatic rings. The highest BCUT2D eigenvalue weighted by Crippen LogP contribution is 2.35. The van der Waals surface area contributed by atoms with E-state index in [2.05, 4.69) is 0 Å². The van der Waals surface area contributed by atoms with Gasteiger partial charge in [0.25, 0.3) is 0 Å². The molecule has 0 radical (unpaired) electrons. The SMILES string of the molecule is COc1cc(OC)cc(Oc2cccc(Cl)c2N)c1. The molecule has 0 unspecified atom stereocenters. The summed E-state index contributed by atoms with van der Waals surface area (Å²) in [6.07, 6.45) is 0. The third kappa shape index (κ3) is 3.03. The van der Waals surface area contributed by atoms with Crippen LogP contribution in [0.1, 0.15) is 0 Å². The van der Waals surface area contributed by atoms with Gasteiger partial charge in [0, 0.05) is 18.2 Å². The van der Waals surface area contributed by atoms with Crippen molar-refractivity contribution in [3.8, 4) is 23.0 Å². The fourth-order valence-electron chi connectivity index (χ4n) is 1.57. The van der Waals surface area contributed by atoms with Crippen LogP contribution in [0.25, 0.3) is 0 Å². The summed E-state index contributed by atoms with van der Waals surface area (Å²) in [6.45, 7) is 0. The van der Waals surface area contributed by atoms with Crippen molar-refractivity contribution < 1.29 is 14.2 Å². The third-order valence-electron chi connectivity index (χ3n) is 2.57. The van der Waals surface area contributed by atoms with E-state index in [0.717, 1.165) is 0 Å². The Balaban J connectivity index is 2.34. The largest absolute Gasteiger partial charge is 0.496 e. The van der Waals surface area contributed by atoms with Crippen LogP contribution in [-0.4, -0.2) is 14.2 Å². The second-order valence-electron chi connectivity index (χ2n) is 3.80. The Bertz CT molecular complexity index is 565. The quantitative estimate of drug-likeness (QED) is 0.867. The summed E-state index contributed by atoms with van der Waals surface area (Å²) in [5.41, 5.74) is 6.25. The number of anilines is 1. The molecule has 0 heterocycles. The highest BCUT2D eigenvalue weighted by Gasteiger charge is 2.08. The Morgan fingerprint density at radius 3 is 2.11 bits per heavy atom. The molecule has 2 rings (SSSR count). The molecule has 5 heteroatoms. The highest BCUT2D eigenvalue weighted by molar-refractivity contribution is 6.33. The second kappa shape index (κ2) is 5.71. The normalized spacial score (nSPS) is 10.1. The molecule has 100 valence electrons. The molecule has 0 fully saturated rings.